The lowest BCUT2D eigenvalue weighted by molar-refractivity contribution is -0.130. The number of Topliss-reactive ketones (excluding diaryl/α,β-unsaturated/α-hetero) is 1. The molecule has 0 aromatic heterocycles. The maximum atomic E-state index is 13.4. The van der Waals surface area contributed by atoms with Gasteiger partial charge < -0.3 is 9.64 Å². The normalized spacial score (nSPS) is 17.4. The summed E-state index contributed by atoms with van der Waals surface area (Å²) in [6.45, 7) is 4.02. The SMILES string of the molecule is C=CCOc1ccc(C2C(CCC(=O)c3ccc(F)cc3)C(=O)N2c2ccc(F)cc2)cc1. The minimum atomic E-state index is -0.406. The molecule has 0 bridgehead atoms. The number of carbonyl (C=O) groups is 2. The Bertz CT molecular complexity index is 1140. The van der Waals surface area contributed by atoms with Crippen molar-refractivity contribution in [3.63, 3.8) is 0 Å². The van der Waals surface area contributed by atoms with Gasteiger partial charge in [0, 0.05) is 17.7 Å². The predicted octanol–water partition coefficient (Wildman–Crippen LogP) is 5.90. The molecular weight excluding hydrogens is 424 g/mol. The number of benzene rings is 3. The smallest absolute Gasteiger partial charge is 0.233 e. The number of halogens is 2. The monoisotopic (exact) mass is 447 g/mol. The number of anilines is 1. The summed E-state index contributed by atoms with van der Waals surface area (Å²) in [6, 6.07) is 18.3. The number of β-lactam (4-membered cyclic amide) rings is 1. The van der Waals surface area contributed by atoms with Crippen LogP contribution in [0.4, 0.5) is 14.5 Å². The van der Waals surface area contributed by atoms with Gasteiger partial charge in [-0.1, -0.05) is 24.8 Å². The minimum absolute atomic E-state index is 0.120. The molecule has 1 aliphatic rings. The quantitative estimate of drug-likeness (QED) is 0.233. The van der Waals surface area contributed by atoms with E-state index in [1.54, 1.807) is 23.1 Å². The van der Waals surface area contributed by atoms with Gasteiger partial charge in [0.05, 0.1) is 12.0 Å². The zero-order chi connectivity index (χ0) is 23.4. The molecule has 1 amide bonds. The summed E-state index contributed by atoms with van der Waals surface area (Å²) in [4.78, 5) is 27.3. The Morgan fingerprint density at radius 2 is 1.55 bits per heavy atom. The van der Waals surface area contributed by atoms with Gasteiger partial charge in [-0.3, -0.25) is 9.59 Å². The molecule has 4 nitrogen and oxygen atoms in total. The topological polar surface area (TPSA) is 46.6 Å². The molecular formula is C27H23F2NO3. The molecule has 2 atom stereocenters. The first-order valence-corrected chi connectivity index (χ1v) is 10.7. The first-order valence-electron chi connectivity index (χ1n) is 10.7. The molecule has 0 saturated carbocycles. The van der Waals surface area contributed by atoms with E-state index in [0.29, 0.717) is 30.0 Å². The molecule has 4 rings (SSSR count). The highest BCUT2D eigenvalue weighted by atomic mass is 19.1. The van der Waals surface area contributed by atoms with Crippen molar-refractivity contribution in [1.29, 1.82) is 0 Å². The lowest BCUT2D eigenvalue weighted by Gasteiger charge is -2.47. The molecule has 33 heavy (non-hydrogen) atoms. The van der Waals surface area contributed by atoms with Gasteiger partial charge in [-0.25, -0.2) is 8.78 Å². The second-order valence-corrected chi connectivity index (χ2v) is 7.87. The summed E-state index contributed by atoms with van der Waals surface area (Å²) in [5, 5.41) is 0. The maximum absolute atomic E-state index is 13.4. The number of carbonyl (C=O) groups excluding carboxylic acids is 2. The Morgan fingerprint density at radius 1 is 0.939 bits per heavy atom. The highest BCUT2D eigenvalue weighted by Crippen LogP contribution is 2.46. The number of ether oxygens (including phenoxy) is 1. The van der Waals surface area contributed by atoms with Crippen molar-refractivity contribution in [3.8, 4) is 5.75 Å². The summed E-state index contributed by atoms with van der Waals surface area (Å²) >= 11 is 0. The van der Waals surface area contributed by atoms with Crippen molar-refractivity contribution in [2.24, 2.45) is 5.92 Å². The fourth-order valence-electron chi connectivity index (χ4n) is 4.08. The van der Waals surface area contributed by atoms with Gasteiger partial charge in [0.2, 0.25) is 5.91 Å². The average Bonchev–Trinajstić information content (AvgIpc) is 2.83. The third kappa shape index (κ3) is 4.85. The molecule has 168 valence electrons. The van der Waals surface area contributed by atoms with Crippen molar-refractivity contribution in [1.82, 2.24) is 0 Å². The second kappa shape index (κ2) is 9.77. The van der Waals surface area contributed by atoms with Crippen LogP contribution in [0.15, 0.2) is 85.5 Å². The largest absolute Gasteiger partial charge is 0.490 e. The van der Waals surface area contributed by atoms with E-state index in [-0.39, 0.29) is 30.0 Å². The van der Waals surface area contributed by atoms with E-state index >= 15 is 0 Å². The van der Waals surface area contributed by atoms with Crippen LogP contribution in [0, 0.1) is 17.6 Å². The van der Waals surface area contributed by atoms with E-state index < -0.39 is 11.7 Å². The highest BCUT2D eigenvalue weighted by molar-refractivity contribution is 6.04. The third-order valence-corrected chi connectivity index (χ3v) is 5.76. The van der Waals surface area contributed by atoms with E-state index in [4.69, 9.17) is 4.74 Å². The Morgan fingerprint density at radius 3 is 2.15 bits per heavy atom. The first kappa shape index (κ1) is 22.4. The van der Waals surface area contributed by atoms with E-state index in [9.17, 15) is 18.4 Å². The van der Waals surface area contributed by atoms with Gasteiger partial charge in [0.1, 0.15) is 24.0 Å². The highest BCUT2D eigenvalue weighted by Gasteiger charge is 2.48. The van der Waals surface area contributed by atoms with Crippen LogP contribution in [-0.4, -0.2) is 18.3 Å². The minimum Gasteiger partial charge on any atom is -0.490 e. The summed E-state index contributed by atoms with van der Waals surface area (Å²) in [5.41, 5.74) is 1.91. The summed E-state index contributed by atoms with van der Waals surface area (Å²) < 4.78 is 32.1. The van der Waals surface area contributed by atoms with Crippen LogP contribution in [0.1, 0.15) is 34.8 Å². The lowest BCUT2D eigenvalue weighted by Crippen LogP contribution is -2.55. The number of amides is 1. The average molecular weight is 447 g/mol. The second-order valence-electron chi connectivity index (χ2n) is 7.87. The lowest BCUT2D eigenvalue weighted by atomic mass is 9.78. The Labute approximate surface area is 191 Å². The number of hydrogen-bond donors (Lipinski definition) is 0. The van der Waals surface area contributed by atoms with Crippen LogP contribution in [-0.2, 0) is 4.79 Å². The van der Waals surface area contributed by atoms with Crippen LogP contribution < -0.4 is 9.64 Å². The summed E-state index contributed by atoms with van der Waals surface area (Å²) in [5.74, 6) is -0.773. The summed E-state index contributed by atoms with van der Waals surface area (Å²) in [6.07, 6.45) is 2.17. The molecule has 2 unspecified atom stereocenters. The van der Waals surface area contributed by atoms with Gasteiger partial charge in [-0.2, -0.15) is 0 Å². The molecule has 1 heterocycles. The predicted molar refractivity (Wildman–Crippen MR) is 122 cm³/mol. The van der Waals surface area contributed by atoms with Crippen LogP contribution in [0.3, 0.4) is 0 Å². The van der Waals surface area contributed by atoms with Gasteiger partial charge in [0.15, 0.2) is 5.78 Å². The molecule has 1 aliphatic heterocycles. The first-order chi connectivity index (χ1) is 16.0. The molecule has 0 aliphatic carbocycles. The molecule has 0 spiro atoms. The van der Waals surface area contributed by atoms with Crippen molar-refractivity contribution in [3.05, 3.63) is 108 Å². The van der Waals surface area contributed by atoms with E-state index in [1.807, 2.05) is 24.3 Å². The van der Waals surface area contributed by atoms with E-state index in [2.05, 4.69) is 6.58 Å². The standard InChI is InChI=1S/C27H23F2NO3/c1-2-17-33-23-13-5-19(6-14-23)26-24(15-16-25(31)18-3-7-20(28)8-4-18)27(32)30(26)22-11-9-21(29)10-12-22/h2-14,24,26H,1,15-17H2. The van der Waals surface area contributed by atoms with Crippen LogP contribution in [0.2, 0.25) is 0 Å². The van der Waals surface area contributed by atoms with Crippen LogP contribution >= 0.6 is 0 Å². The zero-order valence-electron chi connectivity index (χ0n) is 17.9. The van der Waals surface area contributed by atoms with Gasteiger partial charge in [0.25, 0.3) is 0 Å². The Hall–Kier alpha value is -3.80. The van der Waals surface area contributed by atoms with Gasteiger partial charge in [-0.15, -0.1) is 0 Å². The van der Waals surface area contributed by atoms with E-state index in [1.165, 1.54) is 36.4 Å². The molecule has 6 heteroatoms. The van der Waals surface area contributed by atoms with Crippen LogP contribution in [0.25, 0.3) is 0 Å². The Balaban J connectivity index is 1.55. The fraction of sp³-hybridized carbons (Fsp3) is 0.185. The van der Waals surface area contributed by atoms with Crippen LogP contribution in [0.5, 0.6) is 5.75 Å². The van der Waals surface area contributed by atoms with Crippen molar-refractivity contribution >= 4 is 17.4 Å². The van der Waals surface area contributed by atoms with Crippen molar-refractivity contribution in [2.75, 3.05) is 11.5 Å². The maximum Gasteiger partial charge on any atom is 0.233 e. The van der Waals surface area contributed by atoms with Crippen molar-refractivity contribution < 1.29 is 23.1 Å². The Kier molecular flexibility index (Phi) is 6.63. The molecule has 1 saturated heterocycles. The number of ketones is 1. The molecule has 1 fully saturated rings. The fourth-order valence-corrected chi connectivity index (χ4v) is 4.08. The number of nitrogens with zero attached hydrogens (tertiary/aromatic N) is 1. The van der Waals surface area contributed by atoms with Gasteiger partial charge in [-0.05, 0) is 72.6 Å². The van der Waals surface area contributed by atoms with E-state index in [0.717, 1.165) is 5.56 Å². The number of rotatable bonds is 9. The molecule has 0 radical (unpaired) electrons. The number of hydrogen-bond acceptors (Lipinski definition) is 3. The molecule has 3 aromatic carbocycles. The summed E-state index contributed by atoms with van der Waals surface area (Å²) in [7, 11) is 0. The third-order valence-electron chi connectivity index (χ3n) is 5.76. The molecule has 0 N–H and O–H groups in total. The molecule has 3 aromatic rings. The zero-order valence-corrected chi connectivity index (χ0v) is 17.9. The van der Waals surface area contributed by atoms with Gasteiger partial charge >= 0.3 is 0 Å². The van der Waals surface area contributed by atoms with Crippen molar-refractivity contribution in [2.45, 2.75) is 18.9 Å².